The SMILES string of the molecule is CC(C)CCCCCCCCCCCCCCCCCC(=O)OC[C@H](COC(=O)CCCCCCCCC(C)C)OC(=O)CCCCCCCCCCCCCCCCC(C)C. The number of carbonyl (C=O) groups is 3. The molecule has 0 amide bonds. The van der Waals surface area contributed by atoms with Gasteiger partial charge in [-0.1, -0.05) is 266 Å². The van der Waals surface area contributed by atoms with Gasteiger partial charge in [-0.25, -0.2) is 0 Å². The molecule has 368 valence electrons. The molecule has 6 nitrogen and oxygen atoms in total. The monoisotopic (exact) mass is 877 g/mol. The molecular formula is C56H108O6. The summed E-state index contributed by atoms with van der Waals surface area (Å²) in [6.45, 7) is 13.7. The van der Waals surface area contributed by atoms with Gasteiger partial charge in [-0.15, -0.1) is 0 Å². The maximum absolute atomic E-state index is 12.8. The molecule has 0 saturated carbocycles. The van der Waals surface area contributed by atoms with Gasteiger partial charge in [0, 0.05) is 19.3 Å². The highest BCUT2D eigenvalue weighted by Crippen LogP contribution is 2.18. The number of hydrogen-bond donors (Lipinski definition) is 0. The van der Waals surface area contributed by atoms with E-state index in [2.05, 4.69) is 41.5 Å². The second-order valence-corrected chi connectivity index (χ2v) is 20.6. The molecule has 6 heteroatoms. The van der Waals surface area contributed by atoms with Crippen LogP contribution >= 0.6 is 0 Å². The zero-order valence-corrected chi connectivity index (χ0v) is 42.7. The number of carbonyl (C=O) groups excluding carboxylic acids is 3. The van der Waals surface area contributed by atoms with E-state index in [1.807, 2.05) is 0 Å². The molecule has 0 bridgehead atoms. The lowest BCUT2D eigenvalue weighted by molar-refractivity contribution is -0.167. The van der Waals surface area contributed by atoms with E-state index in [0.717, 1.165) is 75.5 Å². The van der Waals surface area contributed by atoms with Crippen LogP contribution < -0.4 is 0 Å². The van der Waals surface area contributed by atoms with Crippen LogP contribution in [0.3, 0.4) is 0 Å². The number of ether oxygens (including phenoxy) is 3. The Morgan fingerprint density at radius 3 is 0.694 bits per heavy atom. The number of hydrogen-bond acceptors (Lipinski definition) is 6. The van der Waals surface area contributed by atoms with Crippen molar-refractivity contribution in [3.63, 3.8) is 0 Å². The first-order valence-corrected chi connectivity index (χ1v) is 27.6. The van der Waals surface area contributed by atoms with E-state index in [1.54, 1.807) is 0 Å². The average molecular weight is 877 g/mol. The summed E-state index contributed by atoms with van der Waals surface area (Å²) in [6.07, 6.45) is 48.2. The van der Waals surface area contributed by atoms with Crippen LogP contribution in [0.4, 0.5) is 0 Å². The van der Waals surface area contributed by atoms with Crippen LogP contribution in [-0.4, -0.2) is 37.2 Å². The fourth-order valence-corrected chi connectivity index (χ4v) is 8.47. The fourth-order valence-electron chi connectivity index (χ4n) is 8.47. The van der Waals surface area contributed by atoms with E-state index >= 15 is 0 Å². The van der Waals surface area contributed by atoms with Gasteiger partial charge in [0.05, 0.1) is 0 Å². The molecule has 0 aliphatic rings. The van der Waals surface area contributed by atoms with Gasteiger partial charge in [0.15, 0.2) is 6.10 Å². The molecule has 0 aromatic rings. The summed E-state index contributed by atoms with van der Waals surface area (Å²) in [5.41, 5.74) is 0. The minimum absolute atomic E-state index is 0.0647. The molecule has 0 spiro atoms. The third-order valence-corrected chi connectivity index (χ3v) is 12.6. The summed E-state index contributed by atoms with van der Waals surface area (Å²) < 4.78 is 16.8. The van der Waals surface area contributed by atoms with Gasteiger partial charge in [0.2, 0.25) is 0 Å². The van der Waals surface area contributed by atoms with E-state index in [1.165, 1.54) is 186 Å². The lowest BCUT2D eigenvalue weighted by atomic mass is 10.0. The lowest BCUT2D eigenvalue weighted by Crippen LogP contribution is -2.30. The molecule has 0 saturated heterocycles. The van der Waals surface area contributed by atoms with Crippen LogP contribution in [0.2, 0.25) is 0 Å². The van der Waals surface area contributed by atoms with Crippen LogP contribution in [0.1, 0.15) is 305 Å². The first kappa shape index (κ1) is 60.4. The van der Waals surface area contributed by atoms with Gasteiger partial charge in [-0.05, 0) is 37.0 Å². The van der Waals surface area contributed by atoms with Crippen molar-refractivity contribution in [2.75, 3.05) is 13.2 Å². The summed E-state index contributed by atoms with van der Waals surface area (Å²) >= 11 is 0. The smallest absolute Gasteiger partial charge is 0.306 e. The predicted octanol–water partition coefficient (Wildman–Crippen LogP) is 17.9. The second kappa shape index (κ2) is 47.4. The van der Waals surface area contributed by atoms with Gasteiger partial charge in [-0.2, -0.15) is 0 Å². The molecule has 62 heavy (non-hydrogen) atoms. The minimum atomic E-state index is -0.763. The normalized spacial score (nSPS) is 12.1. The van der Waals surface area contributed by atoms with E-state index in [9.17, 15) is 14.4 Å². The largest absolute Gasteiger partial charge is 0.462 e. The van der Waals surface area contributed by atoms with Crippen molar-refractivity contribution < 1.29 is 28.6 Å². The maximum atomic E-state index is 12.8. The van der Waals surface area contributed by atoms with Crippen LogP contribution in [0.15, 0.2) is 0 Å². The Kier molecular flexibility index (Phi) is 46.2. The Balaban J connectivity index is 4.23. The highest BCUT2D eigenvalue weighted by molar-refractivity contribution is 5.71. The van der Waals surface area contributed by atoms with Gasteiger partial charge in [0.25, 0.3) is 0 Å². The molecule has 1 atom stereocenters. The summed E-state index contributed by atoms with van der Waals surface area (Å²) in [5.74, 6) is 1.60. The Hall–Kier alpha value is -1.59. The second-order valence-electron chi connectivity index (χ2n) is 20.6. The molecule has 0 aromatic heterocycles. The van der Waals surface area contributed by atoms with Crippen molar-refractivity contribution in [2.24, 2.45) is 17.8 Å². The number of rotatable bonds is 49. The summed E-state index contributed by atoms with van der Waals surface area (Å²) in [5, 5.41) is 0. The van der Waals surface area contributed by atoms with Gasteiger partial charge >= 0.3 is 17.9 Å². The quantitative estimate of drug-likeness (QED) is 0.0344. The average Bonchev–Trinajstić information content (AvgIpc) is 3.23. The third-order valence-electron chi connectivity index (χ3n) is 12.6. The lowest BCUT2D eigenvalue weighted by Gasteiger charge is -2.18. The molecular weight excluding hydrogens is 769 g/mol. The van der Waals surface area contributed by atoms with Crippen molar-refractivity contribution in [3.8, 4) is 0 Å². The Labute approximate surface area is 387 Å². The maximum Gasteiger partial charge on any atom is 0.306 e. The summed E-state index contributed by atoms with van der Waals surface area (Å²) in [7, 11) is 0. The molecule has 0 heterocycles. The third kappa shape index (κ3) is 49.4. The van der Waals surface area contributed by atoms with Crippen molar-refractivity contribution >= 4 is 17.9 Å². The van der Waals surface area contributed by atoms with E-state index in [-0.39, 0.29) is 31.1 Å². The number of esters is 3. The van der Waals surface area contributed by atoms with E-state index in [4.69, 9.17) is 14.2 Å². The van der Waals surface area contributed by atoms with Gasteiger partial charge in [-0.3, -0.25) is 14.4 Å². The first-order chi connectivity index (χ1) is 30.1. The van der Waals surface area contributed by atoms with Crippen LogP contribution in [0.5, 0.6) is 0 Å². The molecule has 0 radical (unpaired) electrons. The Morgan fingerprint density at radius 2 is 0.468 bits per heavy atom. The molecule has 0 aromatic carbocycles. The molecule has 0 fully saturated rings. The molecule has 0 unspecified atom stereocenters. The van der Waals surface area contributed by atoms with Crippen LogP contribution in [-0.2, 0) is 28.6 Å². The first-order valence-electron chi connectivity index (χ1n) is 27.6. The molecule has 0 aliphatic carbocycles. The summed E-state index contributed by atoms with van der Waals surface area (Å²) in [4.78, 5) is 38.0. The topological polar surface area (TPSA) is 78.9 Å². The molecule has 0 rings (SSSR count). The Bertz CT molecular complexity index is 960. The van der Waals surface area contributed by atoms with E-state index < -0.39 is 6.10 Å². The predicted molar refractivity (Wildman–Crippen MR) is 266 cm³/mol. The highest BCUT2D eigenvalue weighted by Gasteiger charge is 2.19. The molecule has 0 N–H and O–H groups in total. The number of unbranched alkanes of at least 4 members (excludes halogenated alkanes) is 32. The molecule has 0 aliphatic heterocycles. The Morgan fingerprint density at radius 1 is 0.274 bits per heavy atom. The van der Waals surface area contributed by atoms with Crippen molar-refractivity contribution in [1.29, 1.82) is 0 Å². The highest BCUT2D eigenvalue weighted by atomic mass is 16.6. The van der Waals surface area contributed by atoms with E-state index in [0.29, 0.717) is 19.3 Å². The zero-order valence-electron chi connectivity index (χ0n) is 42.7. The standard InChI is InChI=1S/C56H108O6/c1-50(2)42-36-30-24-20-16-12-8-7-9-14-18-22-26-33-39-45-54(57)60-48-53(49-61-55(58)46-40-34-29-28-32-38-44-52(5)6)62-56(59)47-41-35-27-23-19-15-11-10-13-17-21-25-31-37-43-51(3)4/h50-53H,7-49H2,1-6H3/t53-/m1/s1. The van der Waals surface area contributed by atoms with Gasteiger partial charge in [0.1, 0.15) is 13.2 Å². The van der Waals surface area contributed by atoms with Crippen molar-refractivity contribution in [2.45, 2.75) is 311 Å². The summed E-state index contributed by atoms with van der Waals surface area (Å²) in [6, 6.07) is 0. The zero-order chi connectivity index (χ0) is 45.6. The van der Waals surface area contributed by atoms with Crippen molar-refractivity contribution in [1.82, 2.24) is 0 Å². The van der Waals surface area contributed by atoms with Gasteiger partial charge < -0.3 is 14.2 Å². The van der Waals surface area contributed by atoms with Crippen LogP contribution in [0, 0.1) is 17.8 Å². The van der Waals surface area contributed by atoms with Crippen LogP contribution in [0.25, 0.3) is 0 Å². The minimum Gasteiger partial charge on any atom is -0.462 e. The fraction of sp³-hybridized carbons (Fsp3) is 0.946. The van der Waals surface area contributed by atoms with Crippen molar-refractivity contribution in [3.05, 3.63) is 0 Å².